The summed E-state index contributed by atoms with van der Waals surface area (Å²) in [6.45, 7) is 9.59. The lowest BCUT2D eigenvalue weighted by molar-refractivity contribution is -0.00923. The number of sulfonamides is 1. The first-order chi connectivity index (χ1) is 12.2. The van der Waals surface area contributed by atoms with Gasteiger partial charge in [0.2, 0.25) is 10.0 Å². The van der Waals surface area contributed by atoms with Gasteiger partial charge in [-0.25, -0.2) is 8.42 Å². The van der Waals surface area contributed by atoms with E-state index in [2.05, 4.69) is 28.8 Å². The van der Waals surface area contributed by atoms with Crippen molar-refractivity contribution in [1.82, 2.24) is 10.2 Å². The second-order valence-electron chi connectivity index (χ2n) is 7.10. The van der Waals surface area contributed by atoms with Gasteiger partial charge in [-0.3, -0.25) is 14.4 Å². The molecule has 2 N–H and O–H groups in total. The van der Waals surface area contributed by atoms with Gasteiger partial charge in [-0.1, -0.05) is 13.0 Å². The maximum Gasteiger partial charge on any atom is 0.251 e. The molecule has 146 valence electrons. The summed E-state index contributed by atoms with van der Waals surface area (Å²) in [4.78, 5) is 14.8. The zero-order valence-electron chi connectivity index (χ0n) is 15.7. The van der Waals surface area contributed by atoms with E-state index < -0.39 is 10.0 Å². The van der Waals surface area contributed by atoms with Crippen molar-refractivity contribution in [3.8, 4) is 0 Å². The van der Waals surface area contributed by atoms with Gasteiger partial charge in [0.25, 0.3) is 5.91 Å². The SMILES string of the molecule is CCCS(=O)(=O)Nc1cccc(C(=O)NCC(C)(C)N2CCOCC2)c1. The number of amides is 1. The molecule has 1 aromatic carbocycles. The van der Waals surface area contributed by atoms with Gasteiger partial charge in [0.1, 0.15) is 0 Å². The van der Waals surface area contributed by atoms with Gasteiger partial charge in [-0.15, -0.1) is 0 Å². The van der Waals surface area contributed by atoms with E-state index in [4.69, 9.17) is 4.74 Å². The van der Waals surface area contributed by atoms with Gasteiger partial charge in [-0.05, 0) is 38.5 Å². The van der Waals surface area contributed by atoms with E-state index in [9.17, 15) is 13.2 Å². The molecule has 0 radical (unpaired) electrons. The van der Waals surface area contributed by atoms with Crippen molar-refractivity contribution in [2.45, 2.75) is 32.7 Å². The fourth-order valence-corrected chi connectivity index (χ4v) is 4.03. The van der Waals surface area contributed by atoms with Crippen molar-refractivity contribution >= 4 is 21.6 Å². The molecule has 0 bridgehead atoms. The molecule has 1 heterocycles. The van der Waals surface area contributed by atoms with E-state index in [0.717, 1.165) is 13.1 Å². The zero-order chi connectivity index (χ0) is 19.2. The molecule has 2 rings (SSSR count). The van der Waals surface area contributed by atoms with Crippen LogP contribution in [0.4, 0.5) is 5.69 Å². The first-order valence-corrected chi connectivity index (χ1v) is 10.6. The van der Waals surface area contributed by atoms with Crippen LogP contribution in [-0.4, -0.2) is 63.4 Å². The highest BCUT2D eigenvalue weighted by molar-refractivity contribution is 7.92. The Kier molecular flexibility index (Phi) is 7.02. The van der Waals surface area contributed by atoms with E-state index in [1.165, 1.54) is 0 Å². The van der Waals surface area contributed by atoms with Crippen molar-refractivity contribution in [1.29, 1.82) is 0 Å². The summed E-state index contributed by atoms with van der Waals surface area (Å²) in [5, 5.41) is 2.95. The number of morpholine rings is 1. The van der Waals surface area contributed by atoms with Crippen molar-refractivity contribution < 1.29 is 17.9 Å². The number of rotatable bonds is 8. The average molecular weight is 384 g/mol. The van der Waals surface area contributed by atoms with Gasteiger partial charge in [0.05, 0.1) is 19.0 Å². The predicted molar refractivity (Wildman–Crippen MR) is 103 cm³/mol. The molecule has 0 atom stereocenters. The molecule has 0 unspecified atom stereocenters. The number of benzene rings is 1. The molecule has 1 aromatic rings. The molecular formula is C18H29N3O4S. The number of carbonyl (C=O) groups is 1. The van der Waals surface area contributed by atoms with Crippen LogP contribution in [-0.2, 0) is 14.8 Å². The lowest BCUT2D eigenvalue weighted by atomic mass is 10.0. The lowest BCUT2D eigenvalue weighted by Gasteiger charge is -2.40. The fourth-order valence-electron chi connectivity index (χ4n) is 2.90. The highest BCUT2D eigenvalue weighted by Crippen LogP contribution is 2.16. The molecule has 8 heteroatoms. The Morgan fingerprint density at radius 3 is 2.62 bits per heavy atom. The molecule has 1 amide bonds. The Hall–Kier alpha value is -1.64. The third-order valence-electron chi connectivity index (χ3n) is 4.42. The Bertz CT molecular complexity index is 713. The van der Waals surface area contributed by atoms with Crippen LogP contribution >= 0.6 is 0 Å². The predicted octanol–water partition coefficient (Wildman–Crippen LogP) is 1.68. The number of carbonyl (C=O) groups excluding carboxylic acids is 1. The monoisotopic (exact) mass is 383 g/mol. The number of ether oxygens (including phenoxy) is 1. The van der Waals surface area contributed by atoms with Crippen molar-refractivity contribution in [3.63, 3.8) is 0 Å². The maximum absolute atomic E-state index is 12.5. The highest BCUT2D eigenvalue weighted by atomic mass is 32.2. The minimum atomic E-state index is -3.38. The molecular weight excluding hydrogens is 354 g/mol. The summed E-state index contributed by atoms with van der Waals surface area (Å²) in [6, 6.07) is 6.55. The quantitative estimate of drug-likeness (QED) is 0.713. The highest BCUT2D eigenvalue weighted by Gasteiger charge is 2.28. The molecule has 0 aromatic heterocycles. The number of hydrogen-bond acceptors (Lipinski definition) is 5. The van der Waals surface area contributed by atoms with Gasteiger partial charge in [0.15, 0.2) is 0 Å². The molecule has 0 saturated carbocycles. The molecule has 1 fully saturated rings. The third-order valence-corrected chi connectivity index (χ3v) is 5.91. The minimum Gasteiger partial charge on any atom is -0.379 e. The summed E-state index contributed by atoms with van der Waals surface area (Å²) in [5.74, 6) is -0.167. The number of nitrogens with one attached hydrogen (secondary N) is 2. The zero-order valence-corrected chi connectivity index (χ0v) is 16.6. The van der Waals surface area contributed by atoms with E-state index in [1.807, 2.05) is 0 Å². The van der Waals surface area contributed by atoms with Crippen LogP contribution < -0.4 is 10.0 Å². The Morgan fingerprint density at radius 2 is 1.96 bits per heavy atom. The van der Waals surface area contributed by atoms with Crippen LogP contribution in [0.3, 0.4) is 0 Å². The molecule has 0 aliphatic carbocycles. The second kappa shape index (κ2) is 8.83. The summed E-state index contributed by atoms with van der Waals surface area (Å²) < 4.78 is 31.7. The normalized spacial score (nSPS) is 16.3. The number of anilines is 1. The molecule has 0 spiro atoms. The van der Waals surface area contributed by atoms with E-state index >= 15 is 0 Å². The first kappa shape index (κ1) is 20.7. The van der Waals surface area contributed by atoms with Crippen LogP contribution in [0, 0.1) is 0 Å². The van der Waals surface area contributed by atoms with Crippen LogP contribution in [0.25, 0.3) is 0 Å². The van der Waals surface area contributed by atoms with Crippen LogP contribution in [0.1, 0.15) is 37.6 Å². The fraction of sp³-hybridized carbons (Fsp3) is 0.611. The van der Waals surface area contributed by atoms with Crippen LogP contribution in [0.5, 0.6) is 0 Å². The lowest BCUT2D eigenvalue weighted by Crippen LogP contribution is -2.55. The number of nitrogens with zero attached hydrogens (tertiary/aromatic N) is 1. The van der Waals surface area contributed by atoms with Gasteiger partial charge >= 0.3 is 0 Å². The van der Waals surface area contributed by atoms with Gasteiger partial charge in [-0.2, -0.15) is 0 Å². The molecule has 26 heavy (non-hydrogen) atoms. The standard InChI is InChI=1S/C18H29N3O4S/c1-4-12-26(23,24)20-16-7-5-6-15(13-16)17(22)19-14-18(2,3)21-8-10-25-11-9-21/h5-7,13,20H,4,8-12,14H2,1-3H3,(H,19,22). The van der Waals surface area contributed by atoms with Crippen molar-refractivity contribution in [3.05, 3.63) is 29.8 Å². The molecule has 1 saturated heterocycles. The van der Waals surface area contributed by atoms with Crippen molar-refractivity contribution in [2.24, 2.45) is 0 Å². The first-order valence-electron chi connectivity index (χ1n) is 8.95. The van der Waals surface area contributed by atoms with E-state index in [1.54, 1.807) is 31.2 Å². The van der Waals surface area contributed by atoms with Gasteiger partial charge < -0.3 is 10.1 Å². The van der Waals surface area contributed by atoms with Gasteiger partial charge in [0, 0.05) is 36.4 Å². The minimum absolute atomic E-state index is 0.0527. The third kappa shape index (κ3) is 5.96. The molecule has 1 aliphatic heterocycles. The summed E-state index contributed by atoms with van der Waals surface area (Å²) in [5.41, 5.74) is 0.651. The smallest absolute Gasteiger partial charge is 0.251 e. The van der Waals surface area contributed by atoms with E-state index in [-0.39, 0.29) is 17.2 Å². The Morgan fingerprint density at radius 1 is 1.27 bits per heavy atom. The van der Waals surface area contributed by atoms with Crippen LogP contribution in [0.15, 0.2) is 24.3 Å². The molecule has 1 aliphatic rings. The Balaban J connectivity index is 1.98. The van der Waals surface area contributed by atoms with Crippen molar-refractivity contribution in [2.75, 3.05) is 43.3 Å². The second-order valence-corrected chi connectivity index (χ2v) is 8.94. The van der Waals surface area contributed by atoms with E-state index in [0.29, 0.717) is 37.4 Å². The molecule has 7 nitrogen and oxygen atoms in total. The summed E-state index contributed by atoms with van der Waals surface area (Å²) >= 11 is 0. The average Bonchev–Trinajstić information content (AvgIpc) is 2.60. The summed E-state index contributed by atoms with van der Waals surface area (Å²) in [6.07, 6.45) is 0.534. The van der Waals surface area contributed by atoms with Crippen LogP contribution in [0.2, 0.25) is 0 Å². The Labute approximate surface area is 156 Å². The summed E-state index contributed by atoms with van der Waals surface area (Å²) in [7, 11) is -3.38. The maximum atomic E-state index is 12.5. The topological polar surface area (TPSA) is 87.7 Å². The number of hydrogen-bond donors (Lipinski definition) is 2. The largest absolute Gasteiger partial charge is 0.379 e.